The Kier molecular flexibility index (Phi) is 7.90. The van der Waals surface area contributed by atoms with Crippen LogP contribution in [-0.2, 0) is 4.79 Å². The van der Waals surface area contributed by atoms with Crippen molar-refractivity contribution in [1.82, 2.24) is 4.90 Å². The molecule has 0 bridgehead atoms. The van der Waals surface area contributed by atoms with Crippen molar-refractivity contribution in [1.29, 1.82) is 0 Å². The number of carbonyl (C=O) groups is 1. The van der Waals surface area contributed by atoms with Gasteiger partial charge in [0.25, 0.3) is 0 Å². The molecule has 0 fully saturated rings. The lowest BCUT2D eigenvalue weighted by Gasteiger charge is -2.33. The number of hydrogen-bond acceptors (Lipinski definition) is 4. The zero-order valence-electron chi connectivity index (χ0n) is 12.3. The van der Waals surface area contributed by atoms with Gasteiger partial charge in [0.1, 0.15) is 0 Å². The molecule has 4 nitrogen and oxygen atoms in total. The minimum Gasteiger partial charge on any atom is -0.395 e. The third-order valence-corrected chi connectivity index (χ3v) is 4.40. The molecule has 18 heavy (non-hydrogen) atoms. The summed E-state index contributed by atoms with van der Waals surface area (Å²) in [7, 11) is 0. The highest BCUT2D eigenvalue weighted by Crippen LogP contribution is 2.26. The Morgan fingerprint density at radius 2 is 1.83 bits per heavy atom. The Balaban J connectivity index is 4.36. The summed E-state index contributed by atoms with van der Waals surface area (Å²) in [6.07, 6.45) is 0. The molecule has 0 saturated heterocycles. The molecule has 0 aromatic rings. The second-order valence-corrected chi connectivity index (χ2v) is 6.72. The minimum atomic E-state index is -0.128. The highest BCUT2D eigenvalue weighted by molar-refractivity contribution is 8.00. The molecule has 2 unspecified atom stereocenters. The van der Waals surface area contributed by atoms with Gasteiger partial charge in [-0.25, -0.2) is 0 Å². The number of nitrogens with zero attached hydrogens (tertiary/aromatic N) is 1. The van der Waals surface area contributed by atoms with E-state index >= 15 is 0 Å². The molecular weight excluding hydrogens is 248 g/mol. The quantitative estimate of drug-likeness (QED) is 0.736. The second-order valence-electron chi connectivity index (χ2n) is 5.49. The van der Waals surface area contributed by atoms with Crippen molar-refractivity contribution >= 4 is 17.7 Å². The van der Waals surface area contributed by atoms with E-state index in [-0.39, 0.29) is 29.2 Å². The molecule has 0 rings (SSSR count). The predicted octanol–water partition coefficient (Wildman–Crippen LogP) is 1.32. The first-order chi connectivity index (χ1) is 8.27. The van der Waals surface area contributed by atoms with Gasteiger partial charge in [0.05, 0.1) is 12.4 Å². The van der Waals surface area contributed by atoms with Crippen LogP contribution in [-0.4, -0.2) is 52.7 Å². The highest BCUT2D eigenvalue weighted by Gasteiger charge is 2.29. The number of nitrogens with two attached hydrogens (primary N) is 1. The van der Waals surface area contributed by atoms with Crippen LogP contribution in [0.2, 0.25) is 0 Å². The average Bonchev–Trinajstić information content (AvgIpc) is 2.30. The number of aliphatic hydroxyl groups excluding tert-OH is 1. The monoisotopic (exact) mass is 276 g/mol. The van der Waals surface area contributed by atoms with Crippen LogP contribution in [0.15, 0.2) is 0 Å². The molecule has 0 aliphatic carbocycles. The van der Waals surface area contributed by atoms with Crippen LogP contribution in [0.25, 0.3) is 0 Å². The van der Waals surface area contributed by atoms with Gasteiger partial charge in [-0.2, -0.15) is 0 Å². The number of carbonyl (C=O) groups excluding carboxylic acids is 1. The van der Waals surface area contributed by atoms with Crippen molar-refractivity contribution in [3.63, 3.8) is 0 Å². The molecule has 0 aromatic carbocycles. The SMILES string of the molecule is CCN(CC)C(=O)CSC(CO)C(N)C(C)(C)C. The van der Waals surface area contributed by atoms with E-state index in [0.717, 1.165) is 13.1 Å². The summed E-state index contributed by atoms with van der Waals surface area (Å²) in [6, 6.07) is -0.128. The molecule has 3 N–H and O–H groups in total. The molecule has 2 atom stereocenters. The van der Waals surface area contributed by atoms with Crippen LogP contribution in [0.4, 0.5) is 0 Å². The van der Waals surface area contributed by atoms with Crippen molar-refractivity contribution in [2.24, 2.45) is 11.1 Å². The maximum atomic E-state index is 11.9. The van der Waals surface area contributed by atoms with E-state index in [0.29, 0.717) is 5.75 Å². The largest absolute Gasteiger partial charge is 0.395 e. The van der Waals surface area contributed by atoms with E-state index in [2.05, 4.69) is 0 Å². The van der Waals surface area contributed by atoms with E-state index in [1.165, 1.54) is 11.8 Å². The average molecular weight is 276 g/mol. The predicted molar refractivity (Wildman–Crippen MR) is 78.7 cm³/mol. The first-order valence-corrected chi connectivity index (χ1v) is 7.58. The first-order valence-electron chi connectivity index (χ1n) is 6.53. The van der Waals surface area contributed by atoms with Crippen molar-refractivity contribution in [2.75, 3.05) is 25.4 Å². The lowest BCUT2D eigenvalue weighted by atomic mass is 9.85. The molecule has 108 valence electrons. The maximum absolute atomic E-state index is 11.9. The lowest BCUT2D eigenvalue weighted by molar-refractivity contribution is -0.127. The van der Waals surface area contributed by atoms with Gasteiger partial charge in [0, 0.05) is 24.4 Å². The summed E-state index contributed by atoms with van der Waals surface area (Å²) < 4.78 is 0. The number of aliphatic hydroxyl groups is 1. The van der Waals surface area contributed by atoms with Crippen molar-refractivity contribution in [3.05, 3.63) is 0 Å². The van der Waals surface area contributed by atoms with E-state index in [1.54, 1.807) is 4.90 Å². The number of rotatable bonds is 7. The Morgan fingerprint density at radius 3 is 2.17 bits per heavy atom. The van der Waals surface area contributed by atoms with Crippen LogP contribution in [0.5, 0.6) is 0 Å². The van der Waals surface area contributed by atoms with Crippen LogP contribution in [0.1, 0.15) is 34.6 Å². The van der Waals surface area contributed by atoms with Crippen LogP contribution >= 0.6 is 11.8 Å². The Bertz CT molecular complexity index is 250. The Hall–Kier alpha value is -0.260. The summed E-state index contributed by atoms with van der Waals surface area (Å²) in [5.41, 5.74) is 6.06. The van der Waals surface area contributed by atoms with E-state index in [4.69, 9.17) is 5.73 Å². The standard InChI is InChI=1S/C13H28N2O2S/c1-6-15(7-2)11(17)9-18-10(8-16)12(14)13(3,4)5/h10,12,16H,6-9,14H2,1-5H3. The fourth-order valence-corrected chi connectivity index (χ4v) is 2.93. The molecule has 1 amide bonds. The van der Waals surface area contributed by atoms with Gasteiger partial charge in [-0.15, -0.1) is 11.8 Å². The molecule has 0 saturated carbocycles. The molecule has 5 heteroatoms. The normalized spacial score (nSPS) is 15.3. The maximum Gasteiger partial charge on any atom is 0.232 e. The first kappa shape index (κ1) is 17.7. The summed E-state index contributed by atoms with van der Waals surface area (Å²) in [6.45, 7) is 11.5. The third kappa shape index (κ3) is 5.59. The van der Waals surface area contributed by atoms with E-state index in [9.17, 15) is 9.90 Å². The van der Waals surface area contributed by atoms with Gasteiger partial charge < -0.3 is 15.7 Å². The number of thioether (sulfide) groups is 1. The van der Waals surface area contributed by atoms with Crippen LogP contribution in [0, 0.1) is 5.41 Å². The van der Waals surface area contributed by atoms with Gasteiger partial charge in [-0.05, 0) is 19.3 Å². The lowest BCUT2D eigenvalue weighted by Crippen LogP contribution is -2.46. The second kappa shape index (κ2) is 8.02. The smallest absolute Gasteiger partial charge is 0.232 e. The summed E-state index contributed by atoms with van der Waals surface area (Å²) in [4.78, 5) is 13.7. The van der Waals surface area contributed by atoms with E-state index in [1.807, 2.05) is 34.6 Å². The third-order valence-electron chi connectivity index (χ3n) is 3.12. The van der Waals surface area contributed by atoms with Gasteiger partial charge >= 0.3 is 0 Å². The van der Waals surface area contributed by atoms with Gasteiger partial charge in [0.2, 0.25) is 5.91 Å². The molecule has 0 aromatic heterocycles. The van der Waals surface area contributed by atoms with Gasteiger partial charge in [-0.1, -0.05) is 20.8 Å². The van der Waals surface area contributed by atoms with Crippen molar-refractivity contribution in [3.8, 4) is 0 Å². The fourth-order valence-electron chi connectivity index (χ4n) is 1.67. The summed E-state index contributed by atoms with van der Waals surface area (Å²) in [5, 5.41) is 9.31. The number of amides is 1. The zero-order valence-corrected chi connectivity index (χ0v) is 13.1. The Morgan fingerprint density at radius 1 is 1.33 bits per heavy atom. The minimum absolute atomic E-state index is 0.00856. The highest BCUT2D eigenvalue weighted by atomic mass is 32.2. The van der Waals surface area contributed by atoms with Crippen molar-refractivity contribution in [2.45, 2.75) is 45.9 Å². The topological polar surface area (TPSA) is 66.6 Å². The Labute approximate surface area is 115 Å². The molecule has 0 aliphatic rings. The number of hydrogen-bond donors (Lipinski definition) is 2. The molecule has 0 aliphatic heterocycles. The zero-order chi connectivity index (χ0) is 14.3. The molecule has 0 radical (unpaired) electrons. The van der Waals surface area contributed by atoms with Crippen LogP contribution in [0.3, 0.4) is 0 Å². The molecule has 0 heterocycles. The van der Waals surface area contributed by atoms with E-state index < -0.39 is 0 Å². The summed E-state index contributed by atoms with van der Waals surface area (Å²) in [5.74, 6) is 0.501. The molecular formula is C13H28N2O2S. The molecule has 0 spiro atoms. The van der Waals surface area contributed by atoms with Crippen molar-refractivity contribution < 1.29 is 9.90 Å². The van der Waals surface area contributed by atoms with Gasteiger partial charge in [-0.3, -0.25) is 4.79 Å². The fraction of sp³-hybridized carbons (Fsp3) is 0.923. The van der Waals surface area contributed by atoms with Crippen LogP contribution < -0.4 is 5.73 Å². The van der Waals surface area contributed by atoms with Gasteiger partial charge in [0.15, 0.2) is 0 Å². The summed E-state index contributed by atoms with van der Waals surface area (Å²) >= 11 is 1.46.